The van der Waals surface area contributed by atoms with Gasteiger partial charge in [0.25, 0.3) is 0 Å². The van der Waals surface area contributed by atoms with Gasteiger partial charge in [-0.15, -0.1) is 0 Å². The quantitative estimate of drug-likeness (QED) is 0.330. The molecule has 1 fully saturated rings. The Hall–Kier alpha value is -4.08. The van der Waals surface area contributed by atoms with Crippen LogP contribution in [0.5, 0.6) is 5.75 Å². The van der Waals surface area contributed by atoms with Crippen LogP contribution in [0, 0.1) is 0 Å². The summed E-state index contributed by atoms with van der Waals surface area (Å²) in [6, 6.07) is 13.1. The van der Waals surface area contributed by atoms with Gasteiger partial charge in [-0.2, -0.15) is 0 Å². The topological polar surface area (TPSA) is 134 Å². The predicted molar refractivity (Wildman–Crippen MR) is 153 cm³/mol. The van der Waals surface area contributed by atoms with Crippen molar-refractivity contribution in [2.45, 2.75) is 83.5 Å². The Kier molecular flexibility index (Phi) is 11.1. The first-order valence-corrected chi connectivity index (χ1v) is 14.1. The first kappa shape index (κ1) is 31.4. The lowest BCUT2D eigenvalue weighted by Gasteiger charge is -2.43. The second-order valence-corrected chi connectivity index (χ2v) is 11.1. The van der Waals surface area contributed by atoms with Crippen LogP contribution in [0.1, 0.15) is 70.5 Å². The zero-order valence-electron chi connectivity index (χ0n) is 24.2. The predicted octanol–water partition coefficient (Wildman–Crippen LogP) is 4.02. The molecule has 10 nitrogen and oxygen atoms in total. The number of benzene rings is 2. The van der Waals surface area contributed by atoms with Gasteiger partial charge in [-0.3, -0.25) is 14.4 Å². The number of hydrogen-bond acceptors (Lipinski definition) is 7. The highest BCUT2D eigenvalue weighted by Gasteiger charge is 2.42. The minimum Gasteiger partial charge on any atom is -0.508 e. The summed E-state index contributed by atoms with van der Waals surface area (Å²) in [6.45, 7) is 7.21. The second kappa shape index (κ2) is 14.5. The lowest BCUT2D eigenvalue weighted by atomic mass is 9.87. The molecular weight excluding hydrogens is 526 g/mol. The molecule has 41 heavy (non-hydrogen) atoms. The van der Waals surface area contributed by atoms with Gasteiger partial charge in [-0.05, 0) is 70.2 Å². The molecule has 222 valence electrons. The monoisotopic (exact) mass is 567 g/mol. The Morgan fingerprint density at radius 2 is 1.68 bits per heavy atom. The summed E-state index contributed by atoms with van der Waals surface area (Å²) in [5, 5.41) is 15.3. The van der Waals surface area contributed by atoms with Crippen LogP contribution in [0.4, 0.5) is 4.79 Å². The van der Waals surface area contributed by atoms with Crippen molar-refractivity contribution in [1.82, 2.24) is 15.5 Å². The molecule has 3 amide bonds. The molecule has 2 unspecified atom stereocenters. The van der Waals surface area contributed by atoms with E-state index in [1.165, 1.54) is 12.1 Å². The first-order valence-electron chi connectivity index (χ1n) is 14.1. The highest BCUT2D eigenvalue weighted by molar-refractivity contribution is 5.92. The van der Waals surface area contributed by atoms with Crippen LogP contribution in [0.2, 0.25) is 0 Å². The van der Waals surface area contributed by atoms with Gasteiger partial charge in [-0.25, -0.2) is 4.79 Å². The number of nitrogens with zero attached hydrogens (tertiary/aromatic N) is 1. The first-order chi connectivity index (χ1) is 19.5. The number of phenolic OH excluding ortho intramolecular Hbond substituents is 1. The minimum atomic E-state index is -1.05. The summed E-state index contributed by atoms with van der Waals surface area (Å²) in [5.41, 5.74) is 0.540. The molecule has 2 atom stereocenters. The molecule has 1 aliphatic carbocycles. The maximum Gasteiger partial charge on any atom is 0.408 e. The van der Waals surface area contributed by atoms with Crippen LogP contribution in [0.3, 0.4) is 0 Å². The maximum absolute atomic E-state index is 14.4. The number of nitrogens with one attached hydrogen (secondary N) is 2. The normalized spacial score (nSPS) is 14.6. The molecule has 0 aliphatic heterocycles. The van der Waals surface area contributed by atoms with E-state index in [0.29, 0.717) is 24.0 Å². The van der Waals surface area contributed by atoms with Crippen molar-refractivity contribution < 1.29 is 33.8 Å². The van der Waals surface area contributed by atoms with Crippen molar-refractivity contribution in [1.29, 1.82) is 0 Å². The number of carbonyl (C=O) groups is 4. The van der Waals surface area contributed by atoms with Crippen molar-refractivity contribution in [3.05, 3.63) is 65.7 Å². The van der Waals surface area contributed by atoms with Gasteiger partial charge in [0, 0.05) is 19.0 Å². The van der Waals surface area contributed by atoms with E-state index in [1.807, 2.05) is 6.07 Å². The molecule has 0 saturated heterocycles. The van der Waals surface area contributed by atoms with E-state index in [4.69, 9.17) is 9.47 Å². The molecule has 2 aromatic carbocycles. The van der Waals surface area contributed by atoms with E-state index in [1.54, 1.807) is 69.0 Å². The molecule has 1 saturated carbocycles. The van der Waals surface area contributed by atoms with Crippen molar-refractivity contribution >= 4 is 23.9 Å². The molecule has 0 heterocycles. The Balaban J connectivity index is 1.95. The molecule has 0 bridgehead atoms. The van der Waals surface area contributed by atoms with Gasteiger partial charge in [0.05, 0.1) is 13.0 Å². The summed E-state index contributed by atoms with van der Waals surface area (Å²) >= 11 is 0. The van der Waals surface area contributed by atoms with Crippen LogP contribution in [-0.4, -0.2) is 64.7 Å². The summed E-state index contributed by atoms with van der Waals surface area (Å²) in [5.74, 6) is -1.20. The van der Waals surface area contributed by atoms with E-state index in [9.17, 15) is 24.3 Å². The van der Waals surface area contributed by atoms with E-state index in [0.717, 1.165) is 6.42 Å². The maximum atomic E-state index is 14.4. The second-order valence-electron chi connectivity index (χ2n) is 11.1. The Bertz CT molecular complexity index is 1170. The summed E-state index contributed by atoms with van der Waals surface area (Å²) < 4.78 is 10.4. The number of phenols is 1. The van der Waals surface area contributed by atoms with Crippen molar-refractivity contribution in [2.75, 3.05) is 13.2 Å². The smallest absolute Gasteiger partial charge is 0.408 e. The third-order valence-corrected chi connectivity index (χ3v) is 6.66. The fourth-order valence-corrected chi connectivity index (χ4v) is 4.57. The fraction of sp³-hybridized carbons (Fsp3) is 0.484. The van der Waals surface area contributed by atoms with Gasteiger partial charge < -0.3 is 30.1 Å². The van der Waals surface area contributed by atoms with Gasteiger partial charge in [0.2, 0.25) is 11.8 Å². The number of esters is 1. The Morgan fingerprint density at radius 3 is 2.24 bits per heavy atom. The zero-order valence-corrected chi connectivity index (χ0v) is 24.2. The lowest BCUT2D eigenvalue weighted by molar-refractivity contribution is -0.148. The van der Waals surface area contributed by atoms with Crippen LogP contribution < -0.4 is 10.6 Å². The summed E-state index contributed by atoms with van der Waals surface area (Å²) in [7, 11) is 0. The van der Waals surface area contributed by atoms with Crippen LogP contribution in [0.15, 0.2) is 54.6 Å². The number of alkyl carbamates (subject to hydrolysis) is 1. The van der Waals surface area contributed by atoms with Gasteiger partial charge in [0.1, 0.15) is 23.4 Å². The Labute approximate surface area is 241 Å². The van der Waals surface area contributed by atoms with Crippen molar-refractivity contribution in [2.24, 2.45) is 0 Å². The third-order valence-electron chi connectivity index (χ3n) is 6.66. The van der Waals surface area contributed by atoms with E-state index in [2.05, 4.69) is 10.6 Å². The van der Waals surface area contributed by atoms with E-state index >= 15 is 0 Å². The number of ether oxygens (including phenoxy) is 2. The van der Waals surface area contributed by atoms with Crippen LogP contribution >= 0.6 is 0 Å². The standard InChI is InChI=1S/C31H41N3O7/c1-5-40-26(36)18-19-32-28(37)27(22-10-7-6-8-11-22)34(23-12-9-13-23)29(38)25(33-30(39)41-31(2,3)4)20-21-14-16-24(35)17-15-21/h6-8,10-11,14-17,23,25,27,35H,5,9,12-13,18-20H2,1-4H3,(H,32,37)(H,33,39). The van der Waals surface area contributed by atoms with Crippen molar-refractivity contribution in [3.8, 4) is 5.75 Å². The highest BCUT2D eigenvalue weighted by Crippen LogP contribution is 2.34. The summed E-state index contributed by atoms with van der Waals surface area (Å²) in [4.78, 5) is 54.4. The molecule has 0 radical (unpaired) electrons. The molecule has 0 aromatic heterocycles. The average molecular weight is 568 g/mol. The van der Waals surface area contributed by atoms with Gasteiger partial charge >= 0.3 is 12.1 Å². The summed E-state index contributed by atoms with van der Waals surface area (Å²) in [6.07, 6.45) is 1.70. The number of hydrogen-bond donors (Lipinski definition) is 3. The third kappa shape index (κ3) is 9.51. The largest absolute Gasteiger partial charge is 0.508 e. The van der Waals surface area contributed by atoms with Crippen molar-refractivity contribution in [3.63, 3.8) is 0 Å². The molecule has 2 aromatic rings. The number of rotatable bonds is 12. The van der Waals surface area contributed by atoms with E-state index < -0.39 is 41.6 Å². The highest BCUT2D eigenvalue weighted by atomic mass is 16.6. The van der Waals surface area contributed by atoms with Gasteiger partial charge in [-0.1, -0.05) is 42.5 Å². The van der Waals surface area contributed by atoms with E-state index in [-0.39, 0.29) is 37.8 Å². The molecular formula is C31H41N3O7. The molecule has 1 aliphatic rings. The molecule has 0 spiro atoms. The SMILES string of the molecule is CCOC(=O)CCNC(=O)C(c1ccccc1)N(C(=O)C(Cc1ccc(O)cc1)NC(=O)OC(C)(C)C)C1CCC1. The number of aromatic hydroxyl groups is 1. The van der Waals surface area contributed by atoms with Gasteiger partial charge in [0.15, 0.2) is 0 Å². The average Bonchev–Trinajstić information content (AvgIpc) is 2.87. The fourth-order valence-electron chi connectivity index (χ4n) is 4.57. The molecule has 10 heteroatoms. The molecule has 3 N–H and O–H groups in total. The molecule has 3 rings (SSSR count). The van der Waals surface area contributed by atoms with Crippen LogP contribution in [-0.2, 0) is 30.3 Å². The Morgan fingerprint density at radius 1 is 1.02 bits per heavy atom. The minimum absolute atomic E-state index is 0.00212. The lowest BCUT2D eigenvalue weighted by Crippen LogP contribution is -2.58. The number of carbonyl (C=O) groups excluding carboxylic acids is 4. The number of amides is 3. The van der Waals surface area contributed by atoms with Crippen LogP contribution in [0.25, 0.3) is 0 Å². The zero-order chi connectivity index (χ0) is 30.0.